The van der Waals surface area contributed by atoms with Gasteiger partial charge in [-0.2, -0.15) is 0 Å². The van der Waals surface area contributed by atoms with Crippen molar-refractivity contribution in [2.75, 3.05) is 20.1 Å². The summed E-state index contributed by atoms with van der Waals surface area (Å²) in [5, 5.41) is 0. The van der Waals surface area contributed by atoms with Crippen LogP contribution in [0.5, 0.6) is 0 Å². The number of benzene rings is 1. The van der Waals surface area contributed by atoms with Crippen LogP contribution in [0.4, 0.5) is 4.39 Å². The molecule has 0 atom stereocenters. The zero-order valence-corrected chi connectivity index (χ0v) is 8.67. The number of nitrogens with zero attached hydrogens (tertiary/aromatic N) is 1. The van der Waals surface area contributed by atoms with Crippen LogP contribution in [-0.4, -0.2) is 24.6 Å². The first kappa shape index (κ1) is 9.66. The molecule has 76 valence electrons. The van der Waals surface area contributed by atoms with Gasteiger partial charge in [0.05, 0.1) is 20.1 Å². The van der Waals surface area contributed by atoms with Crippen molar-refractivity contribution in [3.05, 3.63) is 35.6 Å². The van der Waals surface area contributed by atoms with Crippen LogP contribution in [0.1, 0.15) is 18.4 Å². The summed E-state index contributed by atoms with van der Waals surface area (Å²) >= 11 is 0. The fourth-order valence-corrected chi connectivity index (χ4v) is 2.33. The molecule has 2 rings (SSSR count). The van der Waals surface area contributed by atoms with Crippen LogP contribution in [-0.2, 0) is 6.54 Å². The normalized spacial score (nSPS) is 19.9. The summed E-state index contributed by atoms with van der Waals surface area (Å²) in [6.45, 7) is 3.44. The van der Waals surface area contributed by atoms with Crippen molar-refractivity contribution in [1.29, 1.82) is 0 Å². The maximum atomic E-state index is 13.0. The van der Waals surface area contributed by atoms with Crippen LogP contribution in [0.25, 0.3) is 0 Å². The van der Waals surface area contributed by atoms with Crippen LogP contribution < -0.4 is 0 Å². The van der Waals surface area contributed by atoms with Crippen molar-refractivity contribution in [3.63, 3.8) is 0 Å². The van der Waals surface area contributed by atoms with E-state index in [1.165, 1.54) is 32.0 Å². The molecule has 1 nitrogen and oxygen atoms in total. The van der Waals surface area contributed by atoms with Crippen LogP contribution in [0, 0.1) is 5.82 Å². The third-order valence-electron chi connectivity index (χ3n) is 3.10. The molecule has 0 aromatic heterocycles. The van der Waals surface area contributed by atoms with Gasteiger partial charge in [0.1, 0.15) is 12.4 Å². The molecule has 2 heteroatoms. The predicted molar refractivity (Wildman–Crippen MR) is 55.3 cm³/mol. The number of likely N-dealkylation sites (tertiary alicyclic amines) is 1. The van der Waals surface area contributed by atoms with Crippen molar-refractivity contribution in [1.82, 2.24) is 0 Å². The Labute approximate surface area is 84.8 Å². The second-order valence-electron chi connectivity index (χ2n) is 4.56. The van der Waals surface area contributed by atoms with Gasteiger partial charge in [0.15, 0.2) is 0 Å². The van der Waals surface area contributed by atoms with Gasteiger partial charge in [-0.05, 0) is 12.1 Å². The molecule has 1 saturated heterocycles. The Morgan fingerprint density at radius 3 is 2.64 bits per heavy atom. The van der Waals surface area contributed by atoms with E-state index in [4.69, 9.17) is 0 Å². The molecule has 0 radical (unpaired) electrons. The second kappa shape index (κ2) is 3.70. The minimum absolute atomic E-state index is 0.117. The average Bonchev–Trinajstić information content (AvgIpc) is 2.51. The predicted octanol–water partition coefficient (Wildman–Crippen LogP) is 2.57. The quantitative estimate of drug-likeness (QED) is 0.635. The summed E-state index contributed by atoms with van der Waals surface area (Å²) in [6.07, 6.45) is 2.62. The lowest BCUT2D eigenvalue weighted by Crippen LogP contribution is -2.39. The fraction of sp³-hybridized carbons (Fsp3) is 0.500. The van der Waals surface area contributed by atoms with Crippen molar-refractivity contribution in [2.24, 2.45) is 0 Å². The molecular weight excluding hydrogens is 177 g/mol. The van der Waals surface area contributed by atoms with Gasteiger partial charge in [0.25, 0.3) is 0 Å². The molecule has 14 heavy (non-hydrogen) atoms. The summed E-state index contributed by atoms with van der Waals surface area (Å²) < 4.78 is 14.0. The van der Waals surface area contributed by atoms with Crippen molar-refractivity contribution in [3.8, 4) is 0 Å². The van der Waals surface area contributed by atoms with Gasteiger partial charge in [-0.25, -0.2) is 4.39 Å². The van der Waals surface area contributed by atoms with Crippen molar-refractivity contribution >= 4 is 0 Å². The standard InChI is InChI=1S/C12H17FN/c1-14(7-2-3-8-14)10-11-5-4-6-12(13)9-11/h4-6,9H,2-3,7-8,10H2,1H3/q+1. The van der Waals surface area contributed by atoms with Crippen LogP contribution in [0.3, 0.4) is 0 Å². The molecular formula is C12H17FN+. The van der Waals surface area contributed by atoms with Crippen molar-refractivity contribution in [2.45, 2.75) is 19.4 Å². The van der Waals surface area contributed by atoms with E-state index in [0.717, 1.165) is 16.6 Å². The molecule has 1 aromatic rings. The van der Waals surface area contributed by atoms with Gasteiger partial charge >= 0.3 is 0 Å². The van der Waals surface area contributed by atoms with E-state index in [2.05, 4.69) is 7.05 Å². The molecule has 1 aromatic carbocycles. The summed E-state index contributed by atoms with van der Waals surface area (Å²) in [5.74, 6) is -0.117. The first-order valence-electron chi connectivity index (χ1n) is 5.26. The monoisotopic (exact) mass is 194 g/mol. The maximum absolute atomic E-state index is 13.0. The van der Waals surface area contributed by atoms with E-state index in [1.807, 2.05) is 6.07 Å². The van der Waals surface area contributed by atoms with Gasteiger partial charge in [0, 0.05) is 18.4 Å². The highest BCUT2D eigenvalue weighted by Gasteiger charge is 2.26. The largest absolute Gasteiger partial charge is 0.322 e. The minimum atomic E-state index is -0.117. The topological polar surface area (TPSA) is 0 Å². The molecule has 0 saturated carbocycles. The van der Waals surface area contributed by atoms with Crippen LogP contribution in [0.2, 0.25) is 0 Å². The molecule has 1 aliphatic heterocycles. The Morgan fingerprint density at radius 1 is 1.29 bits per heavy atom. The SMILES string of the molecule is C[N+]1(Cc2cccc(F)c2)CCCC1. The Kier molecular flexibility index (Phi) is 2.55. The zero-order valence-electron chi connectivity index (χ0n) is 8.67. The number of hydrogen-bond acceptors (Lipinski definition) is 0. The van der Waals surface area contributed by atoms with E-state index in [9.17, 15) is 4.39 Å². The molecule has 0 spiro atoms. The van der Waals surface area contributed by atoms with Gasteiger partial charge in [-0.3, -0.25) is 0 Å². The summed E-state index contributed by atoms with van der Waals surface area (Å²) in [4.78, 5) is 0. The van der Waals surface area contributed by atoms with E-state index in [-0.39, 0.29) is 5.82 Å². The third kappa shape index (κ3) is 2.13. The third-order valence-corrected chi connectivity index (χ3v) is 3.10. The van der Waals surface area contributed by atoms with Gasteiger partial charge < -0.3 is 4.48 Å². The smallest absolute Gasteiger partial charge is 0.123 e. The lowest BCUT2D eigenvalue weighted by Gasteiger charge is -2.29. The summed E-state index contributed by atoms with van der Waals surface area (Å²) in [7, 11) is 2.26. The van der Waals surface area contributed by atoms with E-state index >= 15 is 0 Å². The van der Waals surface area contributed by atoms with E-state index in [1.54, 1.807) is 12.1 Å². The fourth-order valence-electron chi connectivity index (χ4n) is 2.33. The Balaban J connectivity index is 2.10. The van der Waals surface area contributed by atoms with Crippen LogP contribution in [0.15, 0.2) is 24.3 Å². The molecule has 0 unspecified atom stereocenters. The molecule has 1 heterocycles. The van der Waals surface area contributed by atoms with E-state index < -0.39 is 0 Å². The first-order valence-corrected chi connectivity index (χ1v) is 5.26. The lowest BCUT2D eigenvalue weighted by atomic mass is 10.2. The number of hydrogen-bond donors (Lipinski definition) is 0. The lowest BCUT2D eigenvalue weighted by molar-refractivity contribution is -0.910. The number of halogens is 1. The average molecular weight is 194 g/mol. The number of rotatable bonds is 2. The Hall–Kier alpha value is -0.890. The maximum Gasteiger partial charge on any atom is 0.123 e. The Morgan fingerprint density at radius 2 is 2.00 bits per heavy atom. The summed E-state index contributed by atoms with van der Waals surface area (Å²) in [5.41, 5.74) is 1.12. The second-order valence-corrected chi connectivity index (χ2v) is 4.56. The van der Waals surface area contributed by atoms with E-state index in [0.29, 0.717) is 0 Å². The minimum Gasteiger partial charge on any atom is -0.322 e. The van der Waals surface area contributed by atoms with Crippen LogP contribution >= 0.6 is 0 Å². The molecule has 0 aliphatic carbocycles. The van der Waals surface area contributed by atoms with Crippen molar-refractivity contribution < 1.29 is 8.87 Å². The number of quaternary nitrogens is 1. The summed E-state index contributed by atoms with van der Waals surface area (Å²) in [6, 6.07) is 6.98. The highest BCUT2D eigenvalue weighted by atomic mass is 19.1. The molecule has 0 amide bonds. The molecule has 0 N–H and O–H groups in total. The zero-order chi connectivity index (χ0) is 10.0. The van der Waals surface area contributed by atoms with Gasteiger partial charge in [0.2, 0.25) is 0 Å². The van der Waals surface area contributed by atoms with Gasteiger partial charge in [-0.1, -0.05) is 12.1 Å². The van der Waals surface area contributed by atoms with Gasteiger partial charge in [-0.15, -0.1) is 0 Å². The Bertz CT molecular complexity index is 316. The molecule has 0 bridgehead atoms. The molecule has 1 aliphatic rings. The molecule has 1 fully saturated rings. The highest BCUT2D eigenvalue weighted by molar-refractivity contribution is 5.15. The highest BCUT2D eigenvalue weighted by Crippen LogP contribution is 2.20. The first-order chi connectivity index (χ1) is 6.68.